The van der Waals surface area contributed by atoms with Crippen LogP contribution >= 0.6 is 23.2 Å². The molecule has 0 aliphatic rings. The number of hydrazone groups is 1. The third-order valence-electron chi connectivity index (χ3n) is 2.66. The summed E-state index contributed by atoms with van der Waals surface area (Å²) in [7, 11) is 0. The van der Waals surface area contributed by atoms with Gasteiger partial charge in [0.25, 0.3) is 0 Å². The van der Waals surface area contributed by atoms with E-state index < -0.39 is 0 Å². The molecule has 2 aromatic carbocycles. The van der Waals surface area contributed by atoms with Crippen LogP contribution in [0.2, 0.25) is 10.0 Å². The second-order valence-electron chi connectivity index (χ2n) is 4.30. The van der Waals surface area contributed by atoms with Crippen LogP contribution in [-0.2, 0) is 11.2 Å². The summed E-state index contributed by atoms with van der Waals surface area (Å²) in [4.78, 5) is 11.7. The molecule has 108 valence electrons. The minimum absolute atomic E-state index is 0.0371. The average molecular weight is 323 g/mol. The van der Waals surface area contributed by atoms with E-state index in [0.29, 0.717) is 15.6 Å². The molecule has 0 atom stereocenters. The first kappa shape index (κ1) is 15.4. The van der Waals surface area contributed by atoms with Crippen molar-refractivity contribution in [1.29, 1.82) is 0 Å². The molecule has 2 rings (SSSR count). The van der Waals surface area contributed by atoms with Crippen molar-refractivity contribution in [2.75, 3.05) is 0 Å². The van der Waals surface area contributed by atoms with E-state index in [0.717, 1.165) is 5.56 Å². The number of rotatable bonds is 4. The maximum absolute atomic E-state index is 11.7. The fourth-order valence-electron chi connectivity index (χ4n) is 1.63. The van der Waals surface area contributed by atoms with Gasteiger partial charge in [-0.1, -0.05) is 35.3 Å². The normalized spacial score (nSPS) is 10.8. The highest BCUT2D eigenvalue weighted by molar-refractivity contribution is 6.31. The molecule has 0 aliphatic carbocycles. The zero-order valence-electron chi connectivity index (χ0n) is 10.9. The maximum Gasteiger partial charge on any atom is 0.244 e. The van der Waals surface area contributed by atoms with E-state index in [-0.39, 0.29) is 18.1 Å². The number of aromatic hydroxyl groups is 1. The average Bonchev–Trinajstić information content (AvgIpc) is 2.45. The predicted octanol–water partition coefficient (Wildman–Crippen LogP) is 3.39. The molecule has 0 spiro atoms. The summed E-state index contributed by atoms with van der Waals surface area (Å²) in [6.07, 6.45) is 1.52. The number of phenolic OH excluding ortho intramolecular Hbond substituents is 1. The van der Waals surface area contributed by atoms with Crippen molar-refractivity contribution in [3.63, 3.8) is 0 Å². The molecule has 0 bridgehead atoms. The fourth-order valence-corrected chi connectivity index (χ4v) is 1.94. The Morgan fingerprint density at radius 3 is 2.52 bits per heavy atom. The Bertz CT molecular complexity index is 670. The van der Waals surface area contributed by atoms with Crippen molar-refractivity contribution >= 4 is 35.3 Å². The van der Waals surface area contributed by atoms with Crippen LogP contribution in [0.25, 0.3) is 0 Å². The topological polar surface area (TPSA) is 61.7 Å². The molecule has 0 heterocycles. The van der Waals surface area contributed by atoms with Gasteiger partial charge in [-0.15, -0.1) is 0 Å². The second kappa shape index (κ2) is 7.11. The van der Waals surface area contributed by atoms with Crippen molar-refractivity contribution in [2.24, 2.45) is 5.10 Å². The number of halogens is 2. The molecule has 0 saturated carbocycles. The van der Waals surface area contributed by atoms with Crippen LogP contribution in [0.3, 0.4) is 0 Å². The lowest BCUT2D eigenvalue weighted by Crippen LogP contribution is -2.19. The molecule has 0 radical (unpaired) electrons. The number of nitrogens with zero attached hydrogens (tertiary/aromatic N) is 1. The van der Waals surface area contributed by atoms with E-state index in [1.54, 1.807) is 36.4 Å². The van der Waals surface area contributed by atoms with E-state index in [4.69, 9.17) is 23.2 Å². The number of nitrogens with one attached hydrogen (secondary N) is 1. The Hall–Kier alpha value is -2.04. The summed E-state index contributed by atoms with van der Waals surface area (Å²) in [5, 5.41) is 14.5. The van der Waals surface area contributed by atoms with Crippen LogP contribution < -0.4 is 5.43 Å². The van der Waals surface area contributed by atoms with Crippen molar-refractivity contribution in [1.82, 2.24) is 5.43 Å². The van der Waals surface area contributed by atoms with Gasteiger partial charge in [0.1, 0.15) is 5.75 Å². The minimum Gasteiger partial charge on any atom is -0.507 e. The van der Waals surface area contributed by atoms with Gasteiger partial charge in [-0.05, 0) is 35.9 Å². The molecule has 0 unspecified atom stereocenters. The van der Waals surface area contributed by atoms with E-state index in [2.05, 4.69) is 10.5 Å². The Labute approximate surface area is 132 Å². The van der Waals surface area contributed by atoms with Crippen LogP contribution in [0.15, 0.2) is 47.6 Å². The van der Waals surface area contributed by atoms with Gasteiger partial charge < -0.3 is 5.11 Å². The van der Waals surface area contributed by atoms with Crippen molar-refractivity contribution < 1.29 is 9.90 Å². The lowest BCUT2D eigenvalue weighted by molar-refractivity contribution is -0.120. The lowest BCUT2D eigenvalue weighted by Gasteiger charge is -2.01. The monoisotopic (exact) mass is 322 g/mol. The molecule has 0 saturated heterocycles. The first-order valence-corrected chi connectivity index (χ1v) is 6.85. The summed E-state index contributed by atoms with van der Waals surface area (Å²) in [5.74, 6) is -0.231. The number of amides is 1. The summed E-state index contributed by atoms with van der Waals surface area (Å²) in [6, 6.07) is 11.6. The SMILES string of the molecule is O=C(Cc1ccc(Cl)cc1)N/N=C\c1cc(Cl)ccc1O. The van der Waals surface area contributed by atoms with Gasteiger partial charge in [0.15, 0.2) is 0 Å². The number of hydrogen-bond donors (Lipinski definition) is 2. The van der Waals surface area contributed by atoms with Crippen molar-refractivity contribution in [3.05, 3.63) is 63.6 Å². The van der Waals surface area contributed by atoms with E-state index >= 15 is 0 Å². The summed E-state index contributed by atoms with van der Waals surface area (Å²) < 4.78 is 0. The van der Waals surface area contributed by atoms with Gasteiger partial charge in [0, 0.05) is 15.6 Å². The summed E-state index contributed by atoms with van der Waals surface area (Å²) in [6.45, 7) is 0. The van der Waals surface area contributed by atoms with Crippen molar-refractivity contribution in [3.8, 4) is 5.75 Å². The van der Waals surface area contributed by atoms with Gasteiger partial charge in [0.05, 0.1) is 12.6 Å². The maximum atomic E-state index is 11.7. The molecule has 0 aromatic heterocycles. The van der Waals surface area contributed by atoms with Crippen LogP contribution in [0.1, 0.15) is 11.1 Å². The first-order chi connectivity index (χ1) is 10.0. The smallest absolute Gasteiger partial charge is 0.244 e. The van der Waals surface area contributed by atoms with Crippen LogP contribution in [-0.4, -0.2) is 17.2 Å². The number of carbonyl (C=O) groups excluding carboxylic acids is 1. The van der Waals surface area contributed by atoms with Gasteiger partial charge in [-0.2, -0.15) is 5.10 Å². The Kier molecular flexibility index (Phi) is 5.20. The third kappa shape index (κ3) is 4.77. The van der Waals surface area contributed by atoms with Crippen LogP contribution in [0.4, 0.5) is 0 Å². The van der Waals surface area contributed by atoms with Gasteiger partial charge in [-0.25, -0.2) is 5.43 Å². The quantitative estimate of drug-likeness (QED) is 0.669. The number of carbonyl (C=O) groups is 1. The minimum atomic E-state index is -0.268. The molecule has 21 heavy (non-hydrogen) atoms. The second-order valence-corrected chi connectivity index (χ2v) is 5.17. The van der Waals surface area contributed by atoms with E-state index in [1.807, 2.05) is 0 Å². The fraction of sp³-hybridized carbons (Fsp3) is 0.0667. The molecular formula is C15H12Cl2N2O2. The largest absolute Gasteiger partial charge is 0.507 e. The highest BCUT2D eigenvalue weighted by atomic mass is 35.5. The summed E-state index contributed by atoms with van der Waals surface area (Å²) >= 11 is 11.6. The number of hydrogen-bond acceptors (Lipinski definition) is 3. The van der Waals surface area contributed by atoms with Gasteiger partial charge >= 0.3 is 0 Å². The predicted molar refractivity (Wildman–Crippen MR) is 84.0 cm³/mol. The van der Waals surface area contributed by atoms with Crippen LogP contribution in [0, 0.1) is 0 Å². The van der Waals surface area contributed by atoms with Gasteiger partial charge in [-0.3, -0.25) is 4.79 Å². The molecule has 2 aromatic rings. The zero-order valence-corrected chi connectivity index (χ0v) is 12.4. The van der Waals surface area contributed by atoms with Gasteiger partial charge in [0.2, 0.25) is 5.91 Å². The van der Waals surface area contributed by atoms with Crippen LogP contribution in [0.5, 0.6) is 5.75 Å². The highest BCUT2D eigenvalue weighted by Crippen LogP contribution is 2.19. The standard InChI is InChI=1S/C15H12Cl2N2O2/c16-12-3-1-10(2-4-12)7-15(21)19-18-9-11-8-13(17)5-6-14(11)20/h1-6,8-9,20H,7H2,(H,19,21)/b18-9-. The molecule has 2 N–H and O–H groups in total. The molecule has 6 heteroatoms. The molecule has 1 amide bonds. The first-order valence-electron chi connectivity index (χ1n) is 6.09. The lowest BCUT2D eigenvalue weighted by atomic mass is 10.1. The zero-order chi connectivity index (χ0) is 15.2. The van der Waals surface area contributed by atoms with E-state index in [1.165, 1.54) is 12.3 Å². The number of benzene rings is 2. The van der Waals surface area contributed by atoms with E-state index in [9.17, 15) is 9.90 Å². The Balaban J connectivity index is 1.93. The molecule has 0 aliphatic heterocycles. The van der Waals surface area contributed by atoms with Crippen molar-refractivity contribution in [2.45, 2.75) is 6.42 Å². The molecule has 4 nitrogen and oxygen atoms in total. The number of phenols is 1. The third-order valence-corrected chi connectivity index (χ3v) is 3.15. The molecule has 0 fully saturated rings. The Morgan fingerprint density at radius 2 is 1.81 bits per heavy atom. The summed E-state index contributed by atoms with van der Waals surface area (Å²) in [5.41, 5.74) is 3.64. The Morgan fingerprint density at radius 1 is 1.14 bits per heavy atom. The molecular weight excluding hydrogens is 311 g/mol. The highest BCUT2D eigenvalue weighted by Gasteiger charge is 2.03.